The van der Waals surface area contributed by atoms with Gasteiger partial charge < -0.3 is 9.64 Å². The predicted octanol–water partition coefficient (Wildman–Crippen LogP) is 2.02. The standard InChI is InChI=1S/C17H20N2O4S2/c1-13(18-25(21,22)16-8-5-11-24-16)17(20)19-9-10-23-15(12-19)14-6-3-2-4-7-14/h2-8,11,13,15,18H,9-10,12H2,1H3/t13-,15?/m0/s1. The van der Waals surface area contributed by atoms with Crippen molar-refractivity contribution < 1.29 is 17.9 Å². The van der Waals surface area contributed by atoms with E-state index in [4.69, 9.17) is 4.74 Å². The van der Waals surface area contributed by atoms with Crippen molar-refractivity contribution in [3.05, 3.63) is 53.4 Å². The molecule has 1 N–H and O–H groups in total. The molecular weight excluding hydrogens is 360 g/mol. The van der Waals surface area contributed by atoms with Crippen LogP contribution in [0, 0.1) is 0 Å². The third-order valence-electron chi connectivity index (χ3n) is 4.01. The zero-order valence-corrected chi connectivity index (χ0v) is 15.4. The summed E-state index contributed by atoms with van der Waals surface area (Å²) in [7, 11) is -3.68. The highest BCUT2D eigenvalue weighted by Crippen LogP contribution is 2.22. The Balaban J connectivity index is 1.66. The van der Waals surface area contributed by atoms with Crippen LogP contribution in [0.5, 0.6) is 0 Å². The molecule has 0 aliphatic carbocycles. The third kappa shape index (κ3) is 4.27. The van der Waals surface area contributed by atoms with Gasteiger partial charge in [-0.2, -0.15) is 4.72 Å². The van der Waals surface area contributed by atoms with Crippen LogP contribution in [0.2, 0.25) is 0 Å². The smallest absolute Gasteiger partial charge is 0.250 e. The number of benzene rings is 1. The largest absolute Gasteiger partial charge is 0.370 e. The Morgan fingerprint density at radius 2 is 2.04 bits per heavy atom. The Labute approximate surface area is 151 Å². The van der Waals surface area contributed by atoms with Crippen LogP contribution in [0.1, 0.15) is 18.6 Å². The molecule has 1 saturated heterocycles. The summed E-state index contributed by atoms with van der Waals surface area (Å²) < 4.78 is 33.0. The van der Waals surface area contributed by atoms with Crippen molar-refractivity contribution in [1.82, 2.24) is 9.62 Å². The van der Waals surface area contributed by atoms with E-state index >= 15 is 0 Å². The molecule has 1 aromatic carbocycles. The molecule has 6 nitrogen and oxygen atoms in total. The number of ether oxygens (including phenoxy) is 1. The summed E-state index contributed by atoms with van der Waals surface area (Å²) in [4.78, 5) is 14.3. The molecule has 2 atom stereocenters. The lowest BCUT2D eigenvalue weighted by molar-refractivity contribution is -0.140. The van der Waals surface area contributed by atoms with E-state index in [0.29, 0.717) is 19.7 Å². The zero-order valence-electron chi connectivity index (χ0n) is 13.8. The van der Waals surface area contributed by atoms with Gasteiger partial charge in [0.15, 0.2) is 0 Å². The molecule has 0 spiro atoms. The van der Waals surface area contributed by atoms with Gasteiger partial charge in [-0.1, -0.05) is 36.4 Å². The van der Waals surface area contributed by atoms with Crippen molar-refractivity contribution in [2.75, 3.05) is 19.7 Å². The highest BCUT2D eigenvalue weighted by atomic mass is 32.2. The Bertz CT molecular complexity index is 806. The molecule has 25 heavy (non-hydrogen) atoms. The molecule has 0 saturated carbocycles. The summed E-state index contributed by atoms with van der Waals surface area (Å²) in [6.45, 7) is 2.86. The van der Waals surface area contributed by atoms with E-state index in [2.05, 4.69) is 4.72 Å². The van der Waals surface area contributed by atoms with E-state index in [1.807, 2.05) is 30.3 Å². The van der Waals surface area contributed by atoms with Gasteiger partial charge in [0.1, 0.15) is 10.3 Å². The van der Waals surface area contributed by atoms with Crippen molar-refractivity contribution in [1.29, 1.82) is 0 Å². The lowest BCUT2D eigenvalue weighted by atomic mass is 10.1. The topological polar surface area (TPSA) is 75.7 Å². The number of nitrogens with zero attached hydrogens (tertiary/aromatic N) is 1. The van der Waals surface area contributed by atoms with Crippen LogP contribution in [0.3, 0.4) is 0 Å². The highest BCUT2D eigenvalue weighted by Gasteiger charge is 2.30. The van der Waals surface area contributed by atoms with Crippen molar-refractivity contribution in [2.45, 2.75) is 23.3 Å². The molecule has 134 valence electrons. The number of sulfonamides is 1. The van der Waals surface area contributed by atoms with Gasteiger partial charge in [-0.3, -0.25) is 4.79 Å². The third-order valence-corrected chi connectivity index (χ3v) is 6.95. The Hall–Kier alpha value is -1.74. The maximum atomic E-state index is 12.7. The van der Waals surface area contributed by atoms with Gasteiger partial charge >= 0.3 is 0 Å². The second kappa shape index (κ2) is 7.65. The molecule has 1 aliphatic rings. The van der Waals surface area contributed by atoms with Crippen molar-refractivity contribution in [3.8, 4) is 0 Å². The maximum Gasteiger partial charge on any atom is 0.250 e. The average molecular weight is 380 g/mol. The fourth-order valence-electron chi connectivity index (χ4n) is 2.75. The molecule has 0 radical (unpaired) electrons. The van der Waals surface area contributed by atoms with E-state index in [-0.39, 0.29) is 16.2 Å². The molecule has 0 bridgehead atoms. The van der Waals surface area contributed by atoms with Gasteiger partial charge in [0.05, 0.1) is 19.2 Å². The first kappa shape index (κ1) is 18.1. The van der Waals surface area contributed by atoms with E-state index in [1.165, 1.54) is 6.07 Å². The molecule has 1 aromatic heterocycles. The number of hydrogen-bond acceptors (Lipinski definition) is 5. The highest BCUT2D eigenvalue weighted by molar-refractivity contribution is 7.91. The minimum atomic E-state index is -3.68. The lowest BCUT2D eigenvalue weighted by Crippen LogP contribution is -2.50. The molecule has 1 aliphatic heterocycles. The lowest BCUT2D eigenvalue weighted by Gasteiger charge is -2.34. The first-order valence-electron chi connectivity index (χ1n) is 7.98. The fourth-order valence-corrected chi connectivity index (χ4v) is 4.96. The van der Waals surface area contributed by atoms with Crippen molar-refractivity contribution in [3.63, 3.8) is 0 Å². The zero-order chi connectivity index (χ0) is 17.9. The summed E-state index contributed by atoms with van der Waals surface area (Å²) in [5.74, 6) is -0.246. The number of hydrogen-bond donors (Lipinski definition) is 1. The Kier molecular flexibility index (Phi) is 5.53. The summed E-state index contributed by atoms with van der Waals surface area (Å²) >= 11 is 1.12. The van der Waals surface area contributed by atoms with Crippen LogP contribution in [0.25, 0.3) is 0 Å². The van der Waals surface area contributed by atoms with E-state index < -0.39 is 16.1 Å². The number of nitrogens with one attached hydrogen (secondary N) is 1. The number of rotatable bonds is 5. The molecule has 1 unspecified atom stereocenters. The number of thiophene rings is 1. The Morgan fingerprint density at radius 1 is 1.28 bits per heavy atom. The predicted molar refractivity (Wildman–Crippen MR) is 95.8 cm³/mol. The van der Waals surface area contributed by atoms with Crippen LogP contribution in [-0.2, 0) is 19.6 Å². The van der Waals surface area contributed by atoms with Gasteiger partial charge in [0.2, 0.25) is 5.91 Å². The van der Waals surface area contributed by atoms with Crippen molar-refractivity contribution in [2.24, 2.45) is 0 Å². The Morgan fingerprint density at radius 3 is 2.72 bits per heavy atom. The second-order valence-electron chi connectivity index (χ2n) is 5.83. The molecule has 2 heterocycles. The molecule has 2 aromatic rings. The normalized spacial score (nSPS) is 19.6. The van der Waals surface area contributed by atoms with Gasteiger partial charge in [0, 0.05) is 6.54 Å². The van der Waals surface area contributed by atoms with Gasteiger partial charge in [-0.25, -0.2) is 8.42 Å². The number of carbonyl (C=O) groups excluding carboxylic acids is 1. The average Bonchev–Trinajstić information content (AvgIpc) is 3.17. The summed E-state index contributed by atoms with van der Waals surface area (Å²) in [5.41, 5.74) is 1.01. The van der Waals surface area contributed by atoms with E-state index in [0.717, 1.165) is 16.9 Å². The van der Waals surface area contributed by atoms with Crippen LogP contribution in [-0.4, -0.2) is 45.0 Å². The first-order valence-corrected chi connectivity index (χ1v) is 10.3. The van der Waals surface area contributed by atoms with E-state index in [9.17, 15) is 13.2 Å². The molecule has 1 amide bonds. The van der Waals surface area contributed by atoms with E-state index in [1.54, 1.807) is 23.3 Å². The minimum absolute atomic E-state index is 0.194. The number of morpholine rings is 1. The van der Waals surface area contributed by atoms with Crippen LogP contribution < -0.4 is 4.72 Å². The molecule has 3 rings (SSSR count). The maximum absolute atomic E-state index is 12.7. The van der Waals surface area contributed by atoms with Crippen LogP contribution in [0.15, 0.2) is 52.1 Å². The van der Waals surface area contributed by atoms with Crippen molar-refractivity contribution >= 4 is 27.3 Å². The van der Waals surface area contributed by atoms with Gasteiger partial charge in [-0.15, -0.1) is 11.3 Å². The van der Waals surface area contributed by atoms with Gasteiger partial charge in [-0.05, 0) is 23.9 Å². The quantitative estimate of drug-likeness (QED) is 0.861. The fraction of sp³-hybridized carbons (Fsp3) is 0.353. The van der Waals surface area contributed by atoms with Crippen LogP contribution >= 0.6 is 11.3 Å². The summed E-state index contributed by atoms with van der Waals surface area (Å²) in [6.07, 6.45) is -0.194. The molecule has 1 fully saturated rings. The number of amides is 1. The first-order chi connectivity index (χ1) is 12.0. The monoisotopic (exact) mass is 380 g/mol. The summed E-state index contributed by atoms with van der Waals surface area (Å²) in [6, 6.07) is 12.1. The summed E-state index contributed by atoms with van der Waals surface area (Å²) in [5, 5.41) is 1.69. The molecular formula is C17H20N2O4S2. The number of carbonyl (C=O) groups is 1. The molecule has 8 heteroatoms. The minimum Gasteiger partial charge on any atom is -0.370 e. The van der Waals surface area contributed by atoms with Crippen LogP contribution in [0.4, 0.5) is 0 Å². The van der Waals surface area contributed by atoms with Gasteiger partial charge in [0.25, 0.3) is 10.0 Å². The second-order valence-corrected chi connectivity index (χ2v) is 8.72. The SMILES string of the molecule is C[C@H](NS(=O)(=O)c1cccs1)C(=O)N1CCOC(c2ccccc2)C1.